The molecule has 2 aliphatic heterocycles. The largest absolute Gasteiger partial charge is 0.507 e. The molecule has 3 atom stereocenters. The van der Waals surface area contributed by atoms with E-state index in [1.165, 1.54) is 19.3 Å². The van der Waals surface area contributed by atoms with Crippen LogP contribution in [-0.2, 0) is 0 Å². The van der Waals surface area contributed by atoms with Gasteiger partial charge in [0.05, 0.1) is 5.69 Å². The number of aromatic hydroxyl groups is 1. The first kappa shape index (κ1) is 17.4. The molecule has 28 heavy (non-hydrogen) atoms. The average Bonchev–Trinajstić information content (AvgIpc) is 2.69. The first-order chi connectivity index (χ1) is 13.7. The number of nitrogens with one attached hydrogen (secondary N) is 1. The molecule has 2 N–H and O–H groups in total. The van der Waals surface area contributed by atoms with Crippen LogP contribution in [0.25, 0.3) is 22.0 Å². The van der Waals surface area contributed by atoms with E-state index in [0.29, 0.717) is 29.2 Å². The fourth-order valence-electron chi connectivity index (χ4n) is 4.57. The van der Waals surface area contributed by atoms with Gasteiger partial charge in [-0.25, -0.2) is 0 Å². The van der Waals surface area contributed by atoms with E-state index < -0.39 is 0 Å². The highest BCUT2D eigenvalue weighted by Crippen LogP contribution is 2.33. The predicted molar refractivity (Wildman–Crippen MR) is 107 cm³/mol. The van der Waals surface area contributed by atoms with E-state index in [9.17, 15) is 5.11 Å². The number of ether oxygens (including phenoxy) is 1. The molecule has 4 heterocycles. The summed E-state index contributed by atoms with van der Waals surface area (Å²) in [4.78, 5) is 4.28. The molecule has 2 aliphatic rings. The summed E-state index contributed by atoms with van der Waals surface area (Å²) in [6.07, 6.45) is 7.80. The van der Waals surface area contributed by atoms with Crippen LogP contribution >= 0.6 is 0 Å². The molecule has 0 radical (unpaired) electrons. The number of hydrogen-bond acceptors (Lipinski definition) is 6. The van der Waals surface area contributed by atoms with Crippen molar-refractivity contribution in [3.8, 4) is 22.9 Å². The van der Waals surface area contributed by atoms with E-state index in [4.69, 9.17) is 4.74 Å². The maximum absolute atomic E-state index is 10.5. The van der Waals surface area contributed by atoms with E-state index >= 15 is 0 Å². The minimum atomic E-state index is 0.178. The van der Waals surface area contributed by atoms with Gasteiger partial charge in [0, 0.05) is 41.0 Å². The maximum atomic E-state index is 10.5. The Morgan fingerprint density at radius 1 is 1.07 bits per heavy atom. The van der Waals surface area contributed by atoms with Crippen LogP contribution in [0.4, 0.5) is 0 Å². The Balaban J connectivity index is 1.36. The summed E-state index contributed by atoms with van der Waals surface area (Å²) < 4.78 is 6.11. The Morgan fingerprint density at radius 3 is 2.64 bits per heavy atom. The van der Waals surface area contributed by atoms with Crippen LogP contribution < -0.4 is 10.1 Å². The van der Waals surface area contributed by atoms with Gasteiger partial charge in [0.2, 0.25) is 5.88 Å². The number of phenols is 1. The summed E-state index contributed by atoms with van der Waals surface area (Å²) >= 11 is 0. The Hall–Kier alpha value is -2.73. The third-order valence-corrected chi connectivity index (χ3v) is 5.95. The van der Waals surface area contributed by atoms with Gasteiger partial charge in [-0.3, -0.25) is 4.98 Å². The van der Waals surface area contributed by atoms with E-state index in [-0.39, 0.29) is 11.9 Å². The summed E-state index contributed by atoms with van der Waals surface area (Å²) in [6, 6.07) is 10.4. The van der Waals surface area contributed by atoms with Crippen molar-refractivity contribution in [2.24, 2.45) is 0 Å². The number of aromatic nitrogens is 3. The smallest absolute Gasteiger partial charge is 0.233 e. The molecular weight excluding hydrogens is 352 g/mol. The predicted octanol–water partition coefficient (Wildman–Crippen LogP) is 3.76. The fourth-order valence-corrected chi connectivity index (χ4v) is 4.57. The lowest BCUT2D eigenvalue weighted by Gasteiger charge is -2.39. The highest BCUT2D eigenvalue weighted by atomic mass is 16.5. The van der Waals surface area contributed by atoms with Crippen molar-refractivity contribution in [3.63, 3.8) is 0 Å². The lowest BCUT2D eigenvalue weighted by atomic mass is 9.85. The lowest BCUT2D eigenvalue weighted by Crippen LogP contribution is -2.51. The summed E-state index contributed by atoms with van der Waals surface area (Å²) in [7, 11) is 0. The number of rotatable bonds is 3. The van der Waals surface area contributed by atoms with E-state index in [1.807, 2.05) is 31.2 Å². The van der Waals surface area contributed by atoms with E-state index in [1.54, 1.807) is 12.3 Å². The van der Waals surface area contributed by atoms with Crippen LogP contribution in [0, 0.1) is 6.92 Å². The molecule has 2 fully saturated rings. The topological polar surface area (TPSA) is 80.2 Å². The summed E-state index contributed by atoms with van der Waals surface area (Å²) in [6.45, 7) is 1.93. The minimum absolute atomic E-state index is 0.178. The number of nitrogens with zero attached hydrogens (tertiary/aromatic N) is 3. The van der Waals surface area contributed by atoms with E-state index in [2.05, 4.69) is 20.5 Å². The van der Waals surface area contributed by atoms with Gasteiger partial charge in [0.15, 0.2) is 0 Å². The molecule has 0 amide bonds. The molecule has 0 spiro atoms. The zero-order chi connectivity index (χ0) is 19.1. The molecule has 3 aromatic rings. The molecule has 2 bridgehead atoms. The number of piperidine rings is 2. The second kappa shape index (κ2) is 7.02. The van der Waals surface area contributed by atoms with Crippen molar-refractivity contribution in [3.05, 3.63) is 42.2 Å². The highest BCUT2D eigenvalue weighted by Gasteiger charge is 2.32. The number of pyridine rings is 1. The van der Waals surface area contributed by atoms with Crippen molar-refractivity contribution < 1.29 is 9.84 Å². The van der Waals surface area contributed by atoms with Gasteiger partial charge in [-0.15, -0.1) is 10.2 Å². The van der Waals surface area contributed by atoms with Crippen LogP contribution in [0.15, 0.2) is 36.5 Å². The molecule has 6 heteroatoms. The van der Waals surface area contributed by atoms with E-state index in [0.717, 1.165) is 29.3 Å². The molecular formula is C22H24N4O2. The second-order valence-corrected chi connectivity index (χ2v) is 7.95. The van der Waals surface area contributed by atoms with Crippen LogP contribution in [0.2, 0.25) is 0 Å². The monoisotopic (exact) mass is 376 g/mol. The van der Waals surface area contributed by atoms with Gasteiger partial charge in [-0.2, -0.15) is 0 Å². The third-order valence-electron chi connectivity index (χ3n) is 5.95. The molecule has 6 nitrogen and oxygen atoms in total. The Labute approximate surface area is 164 Å². The van der Waals surface area contributed by atoms with Gasteiger partial charge < -0.3 is 15.2 Å². The average molecular weight is 376 g/mol. The van der Waals surface area contributed by atoms with Crippen LogP contribution in [0.3, 0.4) is 0 Å². The van der Waals surface area contributed by atoms with Gasteiger partial charge in [-0.1, -0.05) is 6.42 Å². The fraction of sp³-hybridized carbons (Fsp3) is 0.409. The number of benzene rings is 1. The molecule has 1 unspecified atom stereocenters. The standard InChI is InChI=1S/C22H24N4O2/c1-13-18-12-21(27)19(9-14(18)7-8-23-13)20-5-6-22(26-25-20)28-17-10-15-3-2-4-16(11-17)24-15/h5-9,12,15-17,24,27H,2-4,10-11H2,1H3/t15-,16+,17?. The zero-order valence-electron chi connectivity index (χ0n) is 15.9. The SMILES string of the molecule is Cc1nccc2cc(-c3ccc(OC4C[C@H]5CCC[C@@H](C4)N5)nn3)c(O)cc12. The first-order valence-corrected chi connectivity index (χ1v) is 10.0. The number of aryl methyl sites for hydroxylation is 1. The maximum Gasteiger partial charge on any atom is 0.233 e. The van der Waals surface area contributed by atoms with Crippen LogP contribution in [-0.4, -0.2) is 38.5 Å². The molecule has 2 aromatic heterocycles. The lowest BCUT2D eigenvalue weighted by molar-refractivity contribution is 0.0881. The third kappa shape index (κ3) is 3.29. The summed E-state index contributed by atoms with van der Waals surface area (Å²) in [5.74, 6) is 0.729. The van der Waals surface area contributed by atoms with Crippen LogP contribution in [0.5, 0.6) is 11.6 Å². The van der Waals surface area contributed by atoms with Gasteiger partial charge >= 0.3 is 0 Å². The Bertz CT molecular complexity index is 993. The molecule has 2 saturated heterocycles. The molecule has 0 aliphatic carbocycles. The highest BCUT2D eigenvalue weighted by molar-refractivity contribution is 5.91. The van der Waals surface area contributed by atoms with Crippen molar-refractivity contribution in [1.29, 1.82) is 0 Å². The second-order valence-electron chi connectivity index (χ2n) is 7.95. The van der Waals surface area contributed by atoms with Gasteiger partial charge in [0.25, 0.3) is 0 Å². The van der Waals surface area contributed by atoms with Crippen molar-refractivity contribution in [1.82, 2.24) is 20.5 Å². The number of fused-ring (bicyclic) bond motifs is 3. The van der Waals surface area contributed by atoms with Gasteiger partial charge in [0.1, 0.15) is 11.9 Å². The summed E-state index contributed by atoms with van der Waals surface area (Å²) in [5.41, 5.74) is 2.18. The Morgan fingerprint density at radius 2 is 1.89 bits per heavy atom. The summed E-state index contributed by atoms with van der Waals surface area (Å²) in [5, 5.41) is 24.7. The first-order valence-electron chi connectivity index (χ1n) is 10.0. The molecule has 144 valence electrons. The molecule has 1 aromatic carbocycles. The van der Waals surface area contributed by atoms with Crippen molar-refractivity contribution >= 4 is 10.8 Å². The van der Waals surface area contributed by atoms with Crippen molar-refractivity contribution in [2.75, 3.05) is 0 Å². The molecule has 0 saturated carbocycles. The normalized spacial score (nSPS) is 24.2. The van der Waals surface area contributed by atoms with Crippen molar-refractivity contribution in [2.45, 2.75) is 57.2 Å². The van der Waals surface area contributed by atoms with Crippen LogP contribution in [0.1, 0.15) is 37.8 Å². The quantitative estimate of drug-likeness (QED) is 0.725. The molecule has 5 rings (SSSR count). The minimum Gasteiger partial charge on any atom is -0.507 e. The zero-order valence-corrected chi connectivity index (χ0v) is 15.9. The number of phenolic OH excluding ortho intramolecular Hbond substituents is 1. The number of hydrogen-bond donors (Lipinski definition) is 2. The van der Waals surface area contributed by atoms with Gasteiger partial charge in [-0.05, 0) is 62.3 Å². The Kier molecular flexibility index (Phi) is 4.36.